The van der Waals surface area contributed by atoms with Gasteiger partial charge < -0.3 is 14.4 Å². The molecule has 98 valence electrons. The van der Waals surface area contributed by atoms with Crippen molar-refractivity contribution in [2.24, 2.45) is 0 Å². The van der Waals surface area contributed by atoms with Gasteiger partial charge in [-0.3, -0.25) is 4.79 Å². The van der Waals surface area contributed by atoms with Crippen LogP contribution in [0.3, 0.4) is 0 Å². The van der Waals surface area contributed by atoms with Gasteiger partial charge in [0.2, 0.25) is 0 Å². The van der Waals surface area contributed by atoms with E-state index in [1.807, 2.05) is 0 Å². The minimum atomic E-state index is -0.178. The number of nitrogens with zero attached hydrogens (tertiary/aromatic N) is 1. The zero-order valence-electron chi connectivity index (χ0n) is 9.91. The van der Waals surface area contributed by atoms with Crippen molar-refractivity contribution in [1.29, 1.82) is 0 Å². The van der Waals surface area contributed by atoms with Gasteiger partial charge in [0.15, 0.2) is 5.75 Å². The van der Waals surface area contributed by atoms with Crippen molar-refractivity contribution in [2.75, 3.05) is 33.4 Å². The van der Waals surface area contributed by atoms with Crippen LogP contribution in [0.4, 0.5) is 0 Å². The average Bonchev–Trinajstić information content (AvgIpc) is 2.41. The molecule has 0 saturated carbocycles. The van der Waals surface area contributed by atoms with E-state index < -0.39 is 0 Å². The normalized spacial score (nSPS) is 15.6. The standard InChI is InChI=1S/C12H13Cl2NO3/c1-17-11-9(14)3-2-8(13)10(11)12(16)15-4-6-18-7-5-15/h2-3H,4-7H2,1H3. The van der Waals surface area contributed by atoms with E-state index in [1.54, 1.807) is 17.0 Å². The molecule has 1 aromatic carbocycles. The molecular formula is C12H13Cl2NO3. The summed E-state index contributed by atoms with van der Waals surface area (Å²) >= 11 is 12.1. The number of morpholine rings is 1. The van der Waals surface area contributed by atoms with Gasteiger partial charge in [0.25, 0.3) is 5.91 Å². The summed E-state index contributed by atoms with van der Waals surface area (Å²) in [6.45, 7) is 2.16. The Labute approximate surface area is 115 Å². The summed E-state index contributed by atoms with van der Waals surface area (Å²) in [5.74, 6) is 0.142. The molecule has 0 aromatic heterocycles. The van der Waals surface area contributed by atoms with Crippen molar-refractivity contribution in [1.82, 2.24) is 4.90 Å². The number of ether oxygens (including phenoxy) is 2. The van der Waals surface area contributed by atoms with Gasteiger partial charge in [-0.25, -0.2) is 0 Å². The van der Waals surface area contributed by atoms with Gasteiger partial charge in [0, 0.05) is 13.1 Å². The molecule has 0 N–H and O–H groups in total. The monoisotopic (exact) mass is 289 g/mol. The highest BCUT2D eigenvalue weighted by molar-refractivity contribution is 6.37. The Bertz CT molecular complexity index is 459. The summed E-state index contributed by atoms with van der Waals surface area (Å²) in [5.41, 5.74) is 0.313. The van der Waals surface area contributed by atoms with Crippen LogP contribution in [0, 0.1) is 0 Å². The molecule has 4 nitrogen and oxygen atoms in total. The number of carbonyl (C=O) groups excluding carboxylic acids is 1. The highest BCUT2D eigenvalue weighted by Gasteiger charge is 2.25. The van der Waals surface area contributed by atoms with Crippen LogP contribution in [-0.4, -0.2) is 44.2 Å². The van der Waals surface area contributed by atoms with Gasteiger partial charge in [-0.2, -0.15) is 0 Å². The topological polar surface area (TPSA) is 38.8 Å². The number of hydrogen-bond acceptors (Lipinski definition) is 3. The van der Waals surface area contributed by atoms with E-state index in [2.05, 4.69) is 0 Å². The lowest BCUT2D eigenvalue weighted by atomic mass is 10.1. The molecule has 2 rings (SSSR count). The molecule has 1 heterocycles. The van der Waals surface area contributed by atoms with Crippen LogP contribution in [-0.2, 0) is 4.74 Å². The van der Waals surface area contributed by atoms with E-state index in [0.717, 1.165) is 0 Å². The minimum absolute atomic E-state index is 0.178. The third-order valence-electron chi connectivity index (χ3n) is 2.78. The lowest BCUT2D eigenvalue weighted by Gasteiger charge is -2.27. The van der Waals surface area contributed by atoms with Crippen LogP contribution in [0.1, 0.15) is 10.4 Å². The quantitative estimate of drug-likeness (QED) is 0.840. The lowest BCUT2D eigenvalue weighted by Crippen LogP contribution is -2.40. The van der Waals surface area contributed by atoms with Crippen LogP contribution in [0.5, 0.6) is 5.75 Å². The molecule has 18 heavy (non-hydrogen) atoms. The maximum Gasteiger partial charge on any atom is 0.259 e. The molecule has 1 aliphatic rings. The molecule has 0 radical (unpaired) electrons. The summed E-state index contributed by atoms with van der Waals surface area (Å²) in [4.78, 5) is 14.1. The Morgan fingerprint density at radius 2 is 1.89 bits per heavy atom. The Hall–Kier alpha value is -0.970. The SMILES string of the molecule is COc1c(Cl)ccc(Cl)c1C(=O)N1CCOCC1. The van der Waals surface area contributed by atoms with Crippen molar-refractivity contribution < 1.29 is 14.3 Å². The first-order valence-corrected chi connectivity index (χ1v) is 6.29. The van der Waals surface area contributed by atoms with Crippen molar-refractivity contribution >= 4 is 29.1 Å². The van der Waals surface area contributed by atoms with Crippen molar-refractivity contribution in [3.05, 3.63) is 27.7 Å². The Balaban J connectivity index is 2.36. The number of carbonyl (C=O) groups is 1. The molecular weight excluding hydrogens is 277 g/mol. The zero-order chi connectivity index (χ0) is 13.1. The maximum atomic E-state index is 12.4. The van der Waals surface area contributed by atoms with E-state index in [9.17, 15) is 4.79 Å². The maximum absolute atomic E-state index is 12.4. The molecule has 0 bridgehead atoms. The van der Waals surface area contributed by atoms with E-state index in [-0.39, 0.29) is 5.91 Å². The van der Waals surface area contributed by atoms with E-state index in [1.165, 1.54) is 7.11 Å². The summed E-state index contributed by atoms with van der Waals surface area (Å²) in [6.07, 6.45) is 0. The van der Waals surface area contributed by atoms with Crippen LogP contribution in [0.2, 0.25) is 10.0 Å². The molecule has 1 saturated heterocycles. The van der Waals surface area contributed by atoms with Crippen molar-refractivity contribution in [2.45, 2.75) is 0 Å². The van der Waals surface area contributed by atoms with E-state index in [4.69, 9.17) is 32.7 Å². The highest BCUT2D eigenvalue weighted by Crippen LogP contribution is 2.34. The van der Waals surface area contributed by atoms with E-state index >= 15 is 0 Å². The second-order valence-electron chi connectivity index (χ2n) is 3.84. The second kappa shape index (κ2) is 5.78. The third kappa shape index (κ3) is 2.55. The molecule has 1 amide bonds. The predicted molar refractivity (Wildman–Crippen MR) is 69.7 cm³/mol. The van der Waals surface area contributed by atoms with Crippen LogP contribution in [0.25, 0.3) is 0 Å². The summed E-state index contributed by atoms with van der Waals surface area (Å²) in [7, 11) is 1.47. The largest absolute Gasteiger partial charge is 0.494 e. The molecule has 0 atom stereocenters. The molecule has 1 aromatic rings. The number of amides is 1. The molecule has 1 fully saturated rings. The van der Waals surface area contributed by atoms with E-state index in [0.29, 0.717) is 47.7 Å². The zero-order valence-corrected chi connectivity index (χ0v) is 11.4. The van der Waals surface area contributed by atoms with Gasteiger partial charge in [0.05, 0.1) is 30.4 Å². The highest BCUT2D eigenvalue weighted by atomic mass is 35.5. The predicted octanol–water partition coefficient (Wildman–Crippen LogP) is 2.47. The van der Waals surface area contributed by atoms with Gasteiger partial charge in [-0.15, -0.1) is 0 Å². The van der Waals surface area contributed by atoms with Crippen LogP contribution >= 0.6 is 23.2 Å². The first-order chi connectivity index (χ1) is 8.65. The van der Waals surface area contributed by atoms with Crippen molar-refractivity contribution in [3.8, 4) is 5.75 Å². The minimum Gasteiger partial charge on any atom is -0.494 e. The average molecular weight is 290 g/mol. The fourth-order valence-corrected chi connectivity index (χ4v) is 2.32. The fourth-order valence-electron chi connectivity index (χ4n) is 1.86. The van der Waals surface area contributed by atoms with Crippen LogP contribution in [0.15, 0.2) is 12.1 Å². The van der Waals surface area contributed by atoms with Gasteiger partial charge in [0.1, 0.15) is 5.56 Å². The lowest BCUT2D eigenvalue weighted by molar-refractivity contribution is 0.0301. The number of halogens is 2. The Morgan fingerprint density at radius 3 is 2.50 bits per heavy atom. The second-order valence-corrected chi connectivity index (χ2v) is 4.66. The Morgan fingerprint density at radius 1 is 1.28 bits per heavy atom. The summed E-state index contributed by atoms with van der Waals surface area (Å²) in [5, 5.41) is 0.714. The van der Waals surface area contributed by atoms with Gasteiger partial charge in [-0.05, 0) is 12.1 Å². The molecule has 6 heteroatoms. The van der Waals surface area contributed by atoms with Gasteiger partial charge in [-0.1, -0.05) is 23.2 Å². The molecule has 0 unspecified atom stereocenters. The Kier molecular flexibility index (Phi) is 4.32. The number of rotatable bonds is 2. The smallest absolute Gasteiger partial charge is 0.259 e. The van der Waals surface area contributed by atoms with Crippen molar-refractivity contribution in [3.63, 3.8) is 0 Å². The van der Waals surface area contributed by atoms with Gasteiger partial charge >= 0.3 is 0 Å². The summed E-state index contributed by atoms with van der Waals surface area (Å²) < 4.78 is 10.4. The first-order valence-electron chi connectivity index (χ1n) is 5.54. The third-order valence-corrected chi connectivity index (χ3v) is 3.39. The number of benzene rings is 1. The first kappa shape index (κ1) is 13.5. The molecule has 0 aliphatic carbocycles. The number of methoxy groups -OCH3 is 1. The van der Waals surface area contributed by atoms with Crippen LogP contribution < -0.4 is 4.74 Å². The molecule has 0 spiro atoms. The fraction of sp³-hybridized carbons (Fsp3) is 0.417. The number of hydrogen-bond donors (Lipinski definition) is 0. The molecule has 1 aliphatic heterocycles. The summed E-state index contributed by atoms with van der Waals surface area (Å²) in [6, 6.07) is 3.21.